The SMILES string of the molecule is N#Cc1c(F)cccc1-n1cncc1C1CNCCO1. The lowest BCUT2D eigenvalue weighted by atomic mass is 10.1. The molecule has 20 heavy (non-hydrogen) atoms. The van der Waals surface area contributed by atoms with Crippen molar-refractivity contribution >= 4 is 0 Å². The molecular formula is C14H13FN4O. The van der Waals surface area contributed by atoms with Crippen LogP contribution in [-0.4, -0.2) is 29.2 Å². The molecule has 2 aromatic rings. The van der Waals surface area contributed by atoms with Crippen LogP contribution in [-0.2, 0) is 4.74 Å². The fraction of sp³-hybridized carbons (Fsp3) is 0.286. The van der Waals surface area contributed by atoms with E-state index in [9.17, 15) is 4.39 Å². The Morgan fingerprint density at radius 3 is 3.15 bits per heavy atom. The summed E-state index contributed by atoms with van der Waals surface area (Å²) in [6.45, 7) is 2.10. The number of nitrogens with zero attached hydrogens (tertiary/aromatic N) is 3. The van der Waals surface area contributed by atoms with Gasteiger partial charge in [0, 0.05) is 13.1 Å². The van der Waals surface area contributed by atoms with Crippen LogP contribution >= 0.6 is 0 Å². The van der Waals surface area contributed by atoms with Crippen LogP contribution in [0.3, 0.4) is 0 Å². The molecule has 1 unspecified atom stereocenters. The summed E-state index contributed by atoms with van der Waals surface area (Å²) in [6.07, 6.45) is 3.10. The maximum absolute atomic E-state index is 13.7. The standard InChI is InChI=1S/C14H13FN4O/c15-11-2-1-3-12(10(11)6-16)19-9-18-7-13(19)14-8-17-4-5-20-14/h1-3,7,9,14,17H,4-5,8H2. The van der Waals surface area contributed by atoms with Crippen molar-refractivity contribution in [3.63, 3.8) is 0 Å². The molecule has 1 saturated heterocycles. The third kappa shape index (κ3) is 2.18. The lowest BCUT2D eigenvalue weighted by Gasteiger charge is -2.24. The highest BCUT2D eigenvalue weighted by molar-refractivity contribution is 5.50. The Kier molecular flexibility index (Phi) is 3.46. The first-order valence-corrected chi connectivity index (χ1v) is 6.35. The zero-order valence-corrected chi connectivity index (χ0v) is 10.7. The van der Waals surface area contributed by atoms with Crippen LogP contribution in [0.2, 0.25) is 0 Å². The Balaban J connectivity index is 2.06. The smallest absolute Gasteiger partial charge is 0.143 e. The topological polar surface area (TPSA) is 62.9 Å². The van der Waals surface area contributed by atoms with Crippen LogP contribution in [0.1, 0.15) is 17.4 Å². The average molecular weight is 272 g/mol. The van der Waals surface area contributed by atoms with Gasteiger partial charge in [0.05, 0.1) is 30.5 Å². The van der Waals surface area contributed by atoms with Crippen molar-refractivity contribution in [2.45, 2.75) is 6.10 Å². The molecule has 1 aromatic carbocycles. The van der Waals surface area contributed by atoms with Crippen LogP contribution in [0, 0.1) is 17.1 Å². The van der Waals surface area contributed by atoms with E-state index in [1.54, 1.807) is 29.2 Å². The molecule has 3 rings (SSSR count). The van der Waals surface area contributed by atoms with E-state index >= 15 is 0 Å². The van der Waals surface area contributed by atoms with E-state index in [0.29, 0.717) is 18.8 Å². The molecule has 0 spiro atoms. The van der Waals surface area contributed by atoms with E-state index in [-0.39, 0.29) is 11.7 Å². The zero-order chi connectivity index (χ0) is 13.9. The maximum atomic E-state index is 13.7. The summed E-state index contributed by atoms with van der Waals surface area (Å²) >= 11 is 0. The summed E-state index contributed by atoms with van der Waals surface area (Å²) in [4.78, 5) is 4.10. The molecule has 1 aliphatic rings. The van der Waals surface area contributed by atoms with Crippen LogP contribution < -0.4 is 5.32 Å². The largest absolute Gasteiger partial charge is 0.369 e. The first-order valence-electron chi connectivity index (χ1n) is 6.35. The van der Waals surface area contributed by atoms with Gasteiger partial charge in [-0.1, -0.05) is 6.07 Å². The molecule has 1 N–H and O–H groups in total. The number of halogens is 1. The monoisotopic (exact) mass is 272 g/mol. The molecular weight excluding hydrogens is 259 g/mol. The lowest BCUT2D eigenvalue weighted by molar-refractivity contribution is 0.0240. The molecule has 0 amide bonds. The minimum atomic E-state index is -0.535. The van der Waals surface area contributed by atoms with Gasteiger partial charge in [-0.15, -0.1) is 0 Å². The molecule has 2 heterocycles. The van der Waals surface area contributed by atoms with Crippen molar-refractivity contribution in [1.29, 1.82) is 5.26 Å². The third-order valence-electron chi connectivity index (χ3n) is 3.29. The quantitative estimate of drug-likeness (QED) is 0.900. The normalized spacial score (nSPS) is 18.7. The number of nitrogens with one attached hydrogen (secondary N) is 1. The van der Waals surface area contributed by atoms with E-state index in [4.69, 9.17) is 10.00 Å². The molecule has 1 atom stereocenters. The van der Waals surface area contributed by atoms with Gasteiger partial charge in [0.25, 0.3) is 0 Å². The van der Waals surface area contributed by atoms with E-state index in [1.165, 1.54) is 6.07 Å². The second kappa shape index (κ2) is 5.41. The van der Waals surface area contributed by atoms with Crippen LogP contribution in [0.4, 0.5) is 4.39 Å². The van der Waals surface area contributed by atoms with Gasteiger partial charge in [-0.25, -0.2) is 9.37 Å². The summed E-state index contributed by atoms with van der Waals surface area (Å²) in [7, 11) is 0. The van der Waals surface area contributed by atoms with Gasteiger partial charge in [-0.2, -0.15) is 5.26 Å². The number of rotatable bonds is 2. The Morgan fingerprint density at radius 2 is 2.40 bits per heavy atom. The predicted molar refractivity (Wildman–Crippen MR) is 69.8 cm³/mol. The molecule has 1 aliphatic heterocycles. The number of hydrogen-bond acceptors (Lipinski definition) is 4. The molecule has 1 aromatic heterocycles. The Labute approximate surface area is 115 Å². The number of nitriles is 1. The zero-order valence-electron chi connectivity index (χ0n) is 10.7. The van der Waals surface area contributed by atoms with E-state index in [0.717, 1.165) is 12.2 Å². The fourth-order valence-electron chi connectivity index (χ4n) is 2.32. The van der Waals surface area contributed by atoms with Gasteiger partial charge in [0.1, 0.15) is 23.6 Å². The molecule has 5 nitrogen and oxygen atoms in total. The Morgan fingerprint density at radius 1 is 1.50 bits per heavy atom. The van der Waals surface area contributed by atoms with E-state index in [1.807, 2.05) is 6.07 Å². The first-order chi connectivity index (χ1) is 9.81. The molecule has 0 radical (unpaired) electrons. The Bertz CT molecular complexity index is 655. The van der Waals surface area contributed by atoms with E-state index < -0.39 is 5.82 Å². The summed E-state index contributed by atoms with van der Waals surface area (Å²) in [5, 5.41) is 12.4. The van der Waals surface area contributed by atoms with Crippen LogP contribution in [0.25, 0.3) is 5.69 Å². The van der Waals surface area contributed by atoms with Crippen molar-refractivity contribution in [3.05, 3.63) is 47.8 Å². The summed E-state index contributed by atoms with van der Waals surface area (Å²) in [5.74, 6) is -0.535. The van der Waals surface area contributed by atoms with Gasteiger partial charge in [-0.05, 0) is 12.1 Å². The minimum absolute atomic E-state index is 0.00974. The lowest BCUT2D eigenvalue weighted by Crippen LogP contribution is -2.34. The van der Waals surface area contributed by atoms with Crippen LogP contribution in [0.5, 0.6) is 0 Å². The first kappa shape index (κ1) is 12.8. The third-order valence-corrected chi connectivity index (χ3v) is 3.29. The molecule has 6 heteroatoms. The number of aromatic nitrogens is 2. The number of hydrogen-bond donors (Lipinski definition) is 1. The molecule has 0 bridgehead atoms. The van der Waals surface area contributed by atoms with Crippen molar-refractivity contribution in [1.82, 2.24) is 14.9 Å². The highest BCUT2D eigenvalue weighted by atomic mass is 19.1. The second-order valence-electron chi connectivity index (χ2n) is 4.50. The van der Waals surface area contributed by atoms with E-state index in [2.05, 4.69) is 10.3 Å². The maximum Gasteiger partial charge on any atom is 0.143 e. The highest BCUT2D eigenvalue weighted by Gasteiger charge is 2.21. The van der Waals surface area contributed by atoms with Gasteiger partial charge in [0.2, 0.25) is 0 Å². The van der Waals surface area contributed by atoms with Gasteiger partial charge in [-0.3, -0.25) is 4.57 Å². The minimum Gasteiger partial charge on any atom is -0.369 e. The average Bonchev–Trinajstić information content (AvgIpc) is 2.97. The van der Waals surface area contributed by atoms with Gasteiger partial charge >= 0.3 is 0 Å². The summed E-state index contributed by atoms with van der Waals surface area (Å²) in [6, 6.07) is 6.45. The number of ether oxygens (including phenoxy) is 1. The van der Waals surface area contributed by atoms with Crippen molar-refractivity contribution in [2.24, 2.45) is 0 Å². The van der Waals surface area contributed by atoms with Gasteiger partial charge < -0.3 is 10.1 Å². The molecule has 0 saturated carbocycles. The fourth-order valence-corrected chi connectivity index (χ4v) is 2.32. The van der Waals surface area contributed by atoms with Gasteiger partial charge in [0.15, 0.2) is 0 Å². The molecule has 1 fully saturated rings. The summed E-state index contributed by atoms with van der Waals surface area (Å²) < 4.78 is 21.1. The number of morpholine rings is 1. The predicted octanol–water partition coefficient (Wildman–Crippen LogP) is 1.54. The van der Waals surface area contributed by atoms with Crippen molar-refractivity contribution in [3.8, 4) is 11.8 Å². The second-order valence-corrected chi connectivity index (χ2v) is 4.50. The Hall–Kier alpha value is -2.23. The number of imidazole rings is 1. The molecule has 102 valence electrons. The molecule has 0 aliphatic carbocycles. The van der Waals surface area contributed by atoms with Crippen LogP contribution in [0.15, 0.2) is 30.7 Å². The number of benzene rings is 1. The highest BCUT2D eigenvalue weighted by Crippen LogP contribution is 2.24. The summed E-state index contributed by atoms with van der Waals surface area (Å²) in [5.41, 5.74) is 1.30. The van der Waals surface area contributed by atoms with Crippen molar-refractivity contribution in [2.75, 3.05) is 19.7 Å². The van der Waals surface area contributed by atoms with Crippen molar-refractivity contribution < 1.29 is 9.13 Å².